The van der Waals surface area contributed by atoms with Gasteiger partial charge < -0.3 is 29.6 Å². The van der Waals surface area contributed by atoms with E-state index in [2.05, 4.69) is 15.2 Å². The number of H-pyrrole nitrogens is 1. The van der Waals surface area contributed by atoms with Crippen LogP contribution in [0.25, 0.3) is 10.9 Å². The van der Waals surface area contributed by atoms with Crippen LogP contribution < -0.4 is 20.3 Å². The second-order valence-electron chi connectivity index (χ2n) is 8.58. The van der Waals surface area contributed by atoms with E-state index in [-0.39, 0.29) is 11.4 Å². The number of benzene rings is 2. The lowest BCUT2D eigenvalue weighted by molar-refractivity contribution is 0.172. The number of aromatic nitrogens is 1. The molecule has 2 aromatic carbocycles. The highest BCUT2D eigenvalue weighted by Crippen LogP contribution is 2.33. The van der Waals surface area contributed by atoms with Gasteiger partial charge in [0, 0.05) is 30.1 Å². The number of thiocarbonyl (C=S) groups is 1. The first-order chi connectivity index (χ1) is 16.4. The molecule has 9 heteroatoms. The quantitative estimate of drug-likeness (QED) is 0.376. The zero-order valence-corrected chi connectivity index (χ0v) is 20.2. The molecule has 180 valence electrons. The summed E-state index contributed by atoms with van der Waals surface area (Å²) in [5, 5.41) is 4.69. The van der Waals surface area contributed by atoms with Gasteiger partial charge in [0.05, 0.1) is 12.1 Å². The van der Waals surface area contributed by atoms with Crippen LogP contribution >= 0.6 is 12.2 Å². The van der Waals surface area contributed by atoms with Crippen molar-refractivity contribution < 1.29 is 13.9 Å². The van der Waals surface area contributed by atoms with E-state index >= 15 is 0 Å². The highest BCUT2D eigenvalue weighted by Gasteiger charge is 2.17. The van der Waals surface area contributed by atoms with E-state index in [9.17, 15) is 9.18 Å². The third kappa shape index (κ3) is 6.03. The van der Waals surface area contributed by atoms with Crippen LogP contribution in [-0.4, -0.2) is 60.3 Å². The first-order valence-corrected chi connectivity index (χ1v) is 11.7. The SMILES string of the molecule is CN(C)CCCNC(=S)N(Cc1ccc(F)cc1)Cc1cc2cc3c(cc2[nH]c1=O)OCCO3. The van der Waals surface area contributed by atoms with Gasteiger partial charge in [-0.2, -0.15) is 0 Å². The molecule has 2 N–H and O–H groups in total. The van der Waals surface area contributed by atoms with Gasteiger partial charge in [-0.25, -0.2) is 4.39 Å². The van der Waals surface area contributed by atoms with Gasteiger partial charge >= 0.3 is 0 Å². The molecule has 1 aromatic heterocycles. The van der Waals surface area contributed by atoms with E-state index in [1.807, 2.05) is 31.1 Å². The second-order valence-corrected chi connectivity index (χ2v) is 8.96. The van der Waals surface area contributed by atoms with Gasteiger partial charge in [0.2, 0.25) is 0 Å². The van der Waals surface area contributed by atoms with Crippen molar-refractivity contribution >= 4 is 28.2 Å². The Kier molecular flexibility index (Phi) is 7.64. The Morgan fingerprint density at radius 3 is 2.50 bits per heavy atom. The summed E-state index contributed by atoms with van der Waals surface area (Å²) in [6, 6.07) is 11.8. The smallest absolute Gasteiger partial charge is 0.253 e. The Hall–Kier alpha value is -3.17. The number of nitrogens with zero attached hydrogens (tertiary/aromatic N) is 2. The van der Waals surface area contributed by atoms with Crippen molar-refractivity contribution in [2.45, 2.75) is 19.5 Å². The van der Waals surface area contributed by atoms with E-state index < -0.39 is 0 Å². The zero-order chi connectivity index (χ0) is 24.1. The molecule has 0 saturated carbocycles. The van der Waals surface area contributed by atoms with Crippen molar-refractivity contribution in [3.05, 3.63) is 69.8 Å². The van der Waals surface area contributed by atoms with E-state index in [4.69, 9.17) is 21.7 Å². The number of nitrogens with one attached hydrogen (secondary N) is 2. The minimum atomic E-state index is -0.291. The van der Waals surface area contributed by atoms with Gasteiger partial charge in [-0.1, -0.05) is 12.1 Å². The number of rotatable bonds is 8. The van der Waals surface area contributed by atoms with Crippen LogP contribution in [0.5, 0.6) is 11.5 Å². The number of hydrogen-bond donors (Lipinski definition) is 2. The largest absolute Gasteiger partial charge is 0.486 e. The third-order valence-electron chi connectivity index (χ3n) is 5.58. The maximum absolute atomic E-state index is 13.4. The second kappa shape index (κ2) is 10.8. The Morgan fingerprint density at radius 2 is 1.79 bits per heavy atom. The zero-order valence-electron chi connectivity index (χ0n) is 19.4. The van der Waals surface area contributed by atoms with Gasteiger partial charge in [0.1, 0.15) is 19.0 Å². The predicted octanol–water partition coefficient (Wildman–Crippen LogP) is 3.27. The fraction of sp³-hybridized carbons (Fsp3) is 0.360. The van der Waals surface area contributed by atoms with Gasteiger partial charge in [0.25, 0.3) is 5.56 Å². The van der Waals surface area contributed by atoms with Crippen molar-refractivity contribution in [3.8, 4) is 11.5 Å². The van der Waals surface area contributed by atoms with Crippen molar-refractivity contribution in [1.29, 1.82) is 0 Å². The molecule has 0 aliphatic carbocycles. The van der Waals surface area contributed by atoms with Crippen LogP contribution in [0.2, 0.25) is 0 Å². The minimum absolute atomic E-state index is 0.191. The van der Waals surface area contributed by atoms with E-state index in [0.29, 0.717) is 60.5 Å². The number of fused-ring (bicyclic) bond motifs is 2. The summed E-state index contributed by atoms with van der Waals surface area (Å²) in [6.45, 7) is 3.38. The van der Waals surface area contributed by atoms with Crippen molar-refractivity contribution in [3.63, 3.8) is 0 Å². The van der Waals surface area contributed by atoms with Gasteiger partial charge in [-0.15, -0.1) is 0 Å². The van der Waals surface area contributed by atoms with Crippen LogP contribution in [0.15, 0.2) is 47.3 Å². The number of halogens is 1. The molecular formula is C25H29FN4O3S. The third-order valence-corrected chi connectivity index (χ3v) is 5.98. The molecule has 7 nitrogen and oxygen atoms in total. The normalized spacial score (nSPS) is 12.7. The van der Waals surface area contributed by atoms with Gasteiger partial charge in [0.15, 0.2) is 16.6 Å². The molecule has 0 radical (unpaired) electrons. The summed E-state index contributed by atoms with van der Waals surface area (Å²) in [7, 11) is 4.05. The number of pyridine rings is 1. The molecule has 0 atom stereocenters. The highest BCUT2D eigenvalue weighted by atomic mass is 32.1. The molecule has 0 bridgehead atoms. The molecule has 0 fully saturated rings. The number of hydrogen-bond acceptors (Lipinski definition) is 5. The summed E-state index contributed by atoms with van der Waals surface area (Å²) in [5.74, 6) is 1.00. The standard InChI is InChI=1S/C25H29FN4O3S/c1-29(2)9-3-8-27-25(34)30(15-17-4-6-20(26)7-5-17)16-19-12-18-13-22-23(33-11-10-32-22)14-21(18)28-24(19)31/h4-7,12-14H,3,8-11,15-16H2,1-2H3,(H,27,34)(H,28,31). The van der Waals surface area contributed by atoms with Crippen LogP contribution in [0.3, 0.4) is 0 Å². The molecule has 1 aliphatic heterocycles. The number of aromatic amines is 1. The summed E-state index contributed by atoms with van der Waals surface area (Å²) >= 11 is 5.68. The summed E-state index contributed by atoms with van der Waals surface area (Å²) < 4.78 is 24.7. The van der Waals surface area contributed by atoms with E-state index in [1.54, 1.807) is 18.2 Å². The summed E-state index contributed by atoms with van der Waals surface area (Å²) in [6.07, 6.45) is 0.932. The fourth-order valence-electron chi connectivity index (χ4n) is 3.82. The highest BCUT2D eigenvalue weighted by molar-refractivity contribution is 7.80. The van der Waals surface area contributed by atoms with Crippen LogP contribution in [0.4, 0.5) is 4.39 Å². The maximum atomic E-state index is 13.4. The molecule has 0 spiro atoms. The van der Waals surface area contributed by atoms with Gasteiger partial charge in [-0.05, 0) is 69.1 Å². The van der Waals surface area contributed by atoms with Crippen LogP contribution in [0, 0.1) is 5.82 Å². The first kappa shape index (κ1) is 24.0. The van der Waals surface area contributed by atoms with E-state index in [0.717, 1.165) is 23.9 Å². The molecule has 34 heavy (non-hydrogen) atoms. The Balaban J connectivity index is 1.57. The number of ether oxygens (including phenoxy) is 2. The topological polar surface area (TPSA) is 69.8 Å². The Bertz CT molecular complexity index is 1210. The van der Waals surface area contributed by atoms with Crippen molar-refractivity contribution in [2.24, 2.45) is 0 Å². The molecule has 1 aliphatic rings. The van der Waals surface area contributed by atoms with Gasteiger partial charge in [-0.3, -0.25) is 4.79 Å². The summed E-state index contributed by atoms with van der Waals surface area (Å²) in [4.78, 5) is 19.9. The van der Waals surface area contributed by atoms with Crippen LogP contribution in [0.1, 0.15) is 17.5 Å². The Labute approximate surface area is 203 Å². The lowest BCUT2D eigenvalue weighted by atomic mass is 10.1. The molecule has 0 unspecified atom stereocenters. The lowest BCUT2D eigenvalue weighted by Gasteiger charge is -2.26. The van der Waals surface area contributed by atoms with E-state index in [1.165, 1.54) is 12.1 Å². The fourth-order valence-corrected chi connectivity index (χ4v) is 4.05. The average molecular weight is 485 g/mol. The monoisotopic (exact) mass is 484 g/mol. The molecule has 3 aromatic rings. The lowest BCUT2D eigenvalue weighted by Crippen LogP contribution is -2.40. The average Bonchev–Trinajstić information content (AvgIpc) is 2.81. The van der Waals surface area contributed by atoms with Crippen LogP contribution in [-0.2, 0) is 13.1 Å². The molecule has 4 rings (SSSR count). The molecule has 0 saturated heterocycles. The minimum Gasteiger partial charge on any atom is -0.486 e. The first-order valence-electron chi connectivity index (χ1n) is 11.3. The molecule has 2 heterocycles. The predicted molar refractivity (Wildman–Crippen MR) is 135 cm³/mol. The van der Waals surface area contributed by atoms with Crippen molar-refractivity contribution in [2.75, 3.05) is 40.4 Å². The Morgan fingerprint density at radius 1 is 1.09 bits per heavy atom. The molecular weight excluding hydrogens is 455 g/mol. The molecule has 0 amide bonds. The summed E-state index contributed by atoms with van der Waals surface area (Å²) in [5.41, 5.74) is 1.97. The maximum Gasteiger partial charge on any atom is 0.253 e. The van der Waals surface area contributed by atoms with Crippen molar-refractivity contribution in [1.82, 2.24) is 20.1 Å².